The molecule has 2 rings (SSSR count). The number of fused-ring (bicyclic) bond motifs is 2. The summed E-state index contributed by atoms with van der Waals surface area (Å²) >= 11 is 0. The molecular weight excluding hydrogens is 200 g/mol. The Labute approximate surface area is 88.6 Å². The van der Waals surface area contributed by atoms with E-state index in [-0.39, 0.29) is 24.9 Å². The largest absolute Gasteiger partial charge is 0.339 e. The molecule has 4 heteroatoms. The summed E-state index contributed by atoms with van der Waals surface area (Å²) in [7, 11) is 0. The van der Waals surface area contributed by atoms with Gasteiger partial charge >= 0.3 is 0 Å². The van der Waals surface area contributed by atoms with Gasteiger partial charge in [0.1, 0.15) is 0 Å². The predicted molar refractivity (Wildman–Crippen MR) is 52.6 cm³/mol. The second-order valence-corrected chi connectivity index (χ2v) is 5.76. The van der Waals surface area contributed by atoms with Gasteiger partial charge < -0.3 is 4.90 Å². The van der Waals surface area contributed by atoms with Crippen molar-refractivity contribution in [3.8, 4) is 0 Å². The Bertz CT molecular complexity index is 295. The van der Waals surface area contributed by atoms with Crippen LogP contribution in [-0.2, 0) is 4.79 Å². The molecule has 2 aliphatic rings. The van der Waals surface area contributed by atoms with E-state index < -0.39 is 17.3 Å². The van der Waals surface area contributed by atoms with E-state index in [2.05, 4.69) is 0 Å². The molecule has 1 aliphatic heterocycles. The van der Waals surface area contributed by atoms with Crippen LogP contribution in [0.25, 0.3) is 0 Å². The van der Waals surface area contributed by atoms with Crippen LogP contribution in [0.2, 0.25) is 0 Å². The minimum absolute atomic E-state index is 0.00509. The van der Waals surface area contributed by atoms with Crippen LogP contribution in [0.5, 0.6) is 0 Å². The van der Waals surface area contributed by atoms with Crippen LogP contribution in [0.4, 0.5) is 8.78 Å². The Kier molecular flexibility index (Phi) is 2.11. The second kappa shape index (κ2) is 2.92. The van der Waals surface area contributed by atoms with Gasteiger partial charge in [0.05, 0.1) is 0 Å². The van der Waals surface area contributed by atoms with Crippen LogP contribution >= 0.6 is 0 Å². The van der Waals surface area contributed by atoms with E-state index in [1.807, 2.05) is 20.8 Å². The van der Waals surface area contributed by atoms with Crippen molar-refractivity contribution in [1.82, 2.24) is 4.90 Å². The minimum Gasteiger partial charge on any atom is -0.339 e. The maximum Gasteiger partial charge on any atom is 0.254 e. The zero-order valence-corrected chi connectivity index (χ0v) is 9.39. The van der Waals surface area contributed by atoms with Gasteiger partial charge in [-0.15, -0.1) is 0 Å². The summed E-state index contributed by atoms with van der Waals surface area (Å²) in [4.78, 5) is 13.6. The van der Waals surface area contributed by atoms with Crippen molar-refractivity contribution in [3.63, 3.8) is 0 Å². The molecule has 15 heavy (non-hydrogen) atoms. The molecule has 2 nitrogen and oxygen atoms in total. The first-order valence-electron chi connectivity index (χ1n) is 5.41. The summed E-state index contributed by atoms with van der Waals surface area (Å²) in [6.07, 6.45) is 0.342. The summed E-state index contributed by atoms with van der Waals surface area (Å²) in [5.41, 5.74) is -0.459. The van der Waals surface area contributed by atoms with Crippen molar-refractivity contribution in [3.05, 3.63) is 0 Å². The topological polar surface area (TPSA) is 20.3 Å². The third kappa shape index (κ3) is 1.64. The first-order valence-corrected chi connectivity index (χ1v) is 5.41. The number of alkyl halides is 2. The van der Waals surface area contributed by atoms with Gasteiger partial charge in [0.25, 0.3) is 5.92 Å². The standard InChI is InChI=1S/C11H17F2NO/c1-10(2,3)9(15)14-6-7-4-8(14)5-11(7,12)13/h7-8H,4-6H2,1-3H3. The number of rotatable bonds is 0. The van der Waals surface area contributed by atoms with Crippen LogP contribution in [0.3, 0.4) is 0 Å². The van der Waals surface area contributed by atoms with Gasteiger partial charge in [-0.05, 0) is 6.42 Å². The van der Waals surface area contributed by atoms with E-state index in [0.717, 1.165) is 0 Å². The molecule has 0 aromatic heterocycles. The number of likely N-dealkylation sites (tertiary alicyclic amines) is 1. The lowest BCUT2D eigenvalue weighted by Gasteiger charge is -2.35. The Hall–Kier alpha value is -0.670. The van der Waals surface area contributed by atoms with Crippen LogP contribution < -0.4 is 0 Å². The van der Waals surface area contributed by atoms with E-state index in [4.69, 9.17) is 0 Å². The summed E-state index contributed by atoms with van der Waals surface area (Å²) in [6, 6.07) is -0.225. The molecule has 1 saturated heterocycles. The third-order valence-electron chi connectivity index (χ3n) is 3.42. The van der Waals surface area contributed by atoms with Gasteiger partial charge in [0.15, 0.2) is 0 Å². The van der Waals surface area contributed by atoms with Gasteiger partial charge in [-0.25, -0.2) is 8.78 Å². The summed E-state index contributed by atoms with van der Waals surface area (Å²) in [6.45, 7) is 5.74. The fraction of sp³-hybridized carbons (Fsp3) is 0.909. The zero-order valence-electron chi connectivity index (χ0n) is 9.39. The molecule has 86 valence electrons. The fourth-order valence-corrected chi connectivity index (χ4v) is 2.58. The normalized spacial score (nSPS) is 33.5. The van der Waals surface area contributed by atoms with E-state index in [9.17, 15) is 13.6 Å². The van der Waals surface area contributed by atoms with Crippen molar-refractivity contribution in [1.29, 1.82) is 0 Å². The summed E-state index contributed by atoms with van der Waals surface area (Å²) in [5.74, 6) is -3.14. The highest BCUT2D eigenvalue weighted by Crippen LogP contribution is 2.48. The van der Waals surface area contributed by atoms with E-state index in [0.29, 0.717) is 6.42 Å². The maximum absolute atomic E-state index is 13.2. The Morgan fingerprint density at radius 2 is 2.00 bits per heavy atom. The number of carbonyl (C=O) groups excluding carboxylic acids is 1. The number of halogens is 2. The molecule has 0 aromatic rings. The van der Waals surface area contributed by atoms with Crippen molar-refractivity contribution in [2.75, 3.05) is 6.54 Å². The highest BCUT2D eigenvalue weighted by Gasteiger charge is 2.57. The number of piperidine rings is 1. The molecule has 0 radical (unpaired) electrons. The number of nitrogens with zero attached hydrogens (tertiary/aromatic N) is 1. The number of amides is 1. The second-order valence-electron chi connectivity index (χ2n) is 5.76. The zero-order chi connectivity index (χ0) is 11.4. The van der Waals surface area contributed by atoms with Crippen molar-refractivity contribution >= 4 is 5.91 Å². The Morgan fingerprint density at radius 1 is 1.40 bits per heavy atom. The summed E-state index contributed by atoms with van der Waals surface area (Å²) in [5, 5.41) is 0. The molecule has 1 heterocycles. The molecule has 1 amide bonds. The average Bonchev–Trinajstić information content (AvgIpc) is 2.55. The van der Waals surface area contributed by atoms with Gasteiger partial charge in [0, 0.05) is 30.3 Å². The molecule has 1 saturated carbocycles. The first kappa shape index (κ1) is 10.8. The molecular formula is C11H17F2NO. The minimum atomic E-state index is -2.54. The highest BCUT2D eigenvalue weighted by molar-refractivity contribution is 5.82. The quantitative estimate of drug-likeness (QED) is 0.609. The smallest absolute Gasteiger partial charge is 0.254 e. The van der Waals surface area contributed by atoms with Gasteiger partial charge in [0.2, 0.25) is 5.91 Å². The van der Waals surface area contributed by atoms with E-state index >= 15 is 0 Å². The van der Waals surface area contributed by atoms with Crippen LogP contribution in [0.15, 0.2) is 0 Å². The van der Waals surface area contributed by atoms with Crippen LogP contribution in [0.1, 0.15) is 33.6 Å². The molecule has 0 spiro atoms. The van der Waals surface area contributed by atoms with Crippen molar-refractivity contribution < 1.29 is 13.6 Å². The predicted octanol–water partition coefficient (Wildman–Crippen LogP) is 2.29. The van der Waals surface area contributed by atoms with Crippen LogP contribution in [-0.4, -0.2) is 29.3 Å². The van der Waals surface area contributed by atoms with E-state index in [1.54, 1.807) is 4.90 Å². The third-order valence-corrected chi connectivity index (χ3v) is 3.42. The molecule has 0 N–H and O–H groups in total. The van der Waals surface area contributed by atoms with Gasteiger partial charge in [-0.1, -0.05) is 20.8 Å². The van der Waals surface area contributed by atoms with E-state index in [1.165, 1.54) is 0 Å². The highest BCUT2D eigenvalue weighted by atomic mass is 19.3. The van der Waals surface area contributed by atoms with Gasteiger partial charge in [-0.2, -0.15) is 0 Å². The molecule has 0 aromatic carbocycles. The average molecular weight is 217 g/mol. The maximum atomic E-state index is 13.2. The molecule has 2 fully saturated rings. The molecule has 2 unspecified atom stereocenters. The number of hydrogen-bond donors (Lipinski definition) is 0. The lowest BCUT2D eigenvalue weighted by molar-refractivity contribution is -0.146. The molecule has 2 atom stereocenters. The first-order chi connectivity index (χ1) is 6.72. The number of hydrogen-bond acceptors (Lipinski definition) is 1. The SMILES string of the molecule is CC(C)(C)C(=O)N1CC2CC1CC2(F)F. The fourth-order valence-electron chi connectivity index (χ4n) is 2.58. The lowest BCUT2D eigenvalue weighted by atomic mass is 9.93. The van der Waals surface area contributed by atoms with Crippen LogP contribution in [0, 0.1) is 11.3 Å². The van der Waals surface area contributed by atoms with Gasteiger partial charge in [-0.3, -0.25) is 4.79 Å². The Balaban J connectivity index is 2.10. The van der Waals surface area contributed by atoms with Crippen molar-refractivity contribution in [2.24, 2.45) is 11.3 Å². The monoisotopic (exact) mass is 217 g/mol. The lowest BCUT2D eigenvalue weighted by Crippen LogP contribution is -2.48. The molecule has 1 aliphatic carbocycles. The Morgan fingerprint density at radius 3 is 2.33 bits per heavy atom. The number of carbonyl (C=O) groups is 1. The van der Waals surface area contributed by atoms with Crippen molar-refractivity contribution in [2.45, 2.75) is 45.6 Å². The summed E-state index contributed by atoms with van der Waals surface area (Å²) < 4.78 is 26.5. The molecule has 2 bridgehead atoms.